The van der Waals surface area contributed by atoms with Gasteiger partial charge in [0.25, 0.3) is 0 Å². The topological polar surface area (TPSA) is 67.3 Å². The summed E-state index contributed by atoms with van der Waals surface area (Å²) in [6.45, 7) is 2.05. The Morgan fingerprint density at radius 2 is 0.831 bits per heavy atom. The van der Waals surface area contributed by atoms with E-state index in [4.69, 9.17) is 0 Å². The van der Waals surface area contributed by atoms with Crippen molar-refractivity contribution in [2.45, 2.75) is 6.92 Å². The normalized spacial score (nSPS) is 11.9. The molecule has 0 aliphatic rings. The molecule has 0 radical (unpaired) electrons. The van der Waals surface area contributed by atoms with Crippen LogP contribution in [0.5, 0.6) is 0 Å². The summed E-state index contributed by atoms with van der Waals surface area (Å²) in [5.41, 5.74) is 14.5. The van der Waals surface area contributed by atoms with E-state index >= 15 is 0 Å². The highest BCUT2D eigenvalue weighted by Gasteiger charge is 2.27. The van der Waals surface area contributed by atoms with Gasteiger partial charge in [-0.05, 0) is 78.7 Å². The van der Waals surface area contributed by atoms with Gasteiger partial charge >= 0.3 is 0 Å². The van der Waals surface area contributed by atoms with Crippen LogP contribution in [0.4, 0.5) is 0 Å². The monoisotopic (exact) mass is 754 g/mol. The molecule has 12 aromatic rings. The number of hydrogen-bond acceptors (Lipinski definition) is 2. The number of nitriles is 2. The second kappa shape index (κ2) is 12.0. The van der Waals surface area contributed by atoms with Crippen LogP contribution in [0.2, 0.25) is 0 Å². The lowest BCUT2D eigenvalue weighted by molar-refractivity contribution is 1.01. The first kappa shape index (κ1) is 33.1. The van der Waals surface area contributed by atoms with Crippen molar-refractivity contribution < 1.29 is 0 Å². The molecular weight excluding hydrogens is 721 g/mol. The fourth-order valence-electron chi connectivity index (χ4n) is 10.2. The Morgan fingerprint density at radius 3 is 1.31 bits per heavy atom. The summed E-state index contributed by atoms with van der Waals surface area (Å²) >= 11 is 0. The summed E-state index contributed by atoms with van der Waals surface area (Å²) in [7, 11) is 4.27. The maximum Gasteiger partial charge on any atom is 0.0993 e. The van der Waals surface area contributed by atoms with Crippen molar-refractivity contribution in [3.8, 4) is 34.6 Å². The molecule has 0 bridgehead atoms. The first-order chi connectivity index (χ1) is 28.9. The van der Waals surface area contributed by atoms with E-state index in [9.17, 15) is 10.5 Å². The van der Waals surface area contributed by atoms with Crippen LogP contribution in [0, 0.1) is 29.6 Å². The summed E-state index contributed by atoms with van der Waals surface area (Å²) in [5, 5.41) is 30.6. The third-order valence-electron chi connectivity index (χ3n) is 12.6. The summed E-state index contributed by atoms with van der Waals surface area (Å²) in [6.07, 6.45) is 0. The number of fused-ring (bicyclic) bond motifs is 14. The van der Waals surface area contributed by atoms with Gasteiger partial charge in [-0.25, -0.2) is 0 Å². The Labute approximate surface area is 338 Å². The van der Waals surface area contributed by atoms with Crippen LogP contribution < -0.4 is 0 Å². The van der Waals surface area contributed by atoms with Gasteiger partial charge in [0.05, 0.1) is 67.7 Å². The first-order valence-corrected chi connectivity index (χ1v) is 19.8. The highest BCUT2D eigenvalue weighted by Crippen LogP contribution is 2.47. The number of nitrogens with zero attached hydrogens (tertiary/aromatic N) is 6. The zero-order valence-corrected chi connectivity index (χ0v) is 32.6. The first-order valence-electron chi connectivity index (χ1n) is 19.8. The number of hydrogen-bond donors (Lipinski definition) is 0. The molecule has 0 saturated heterocycles. The molecule has 0 spiro atoms. The van der Waals surface area contributed by atoms with Gasteiger partial charge in [-0.1, -0.05) is 91.0 Å². The molecule has 4 heterocycles. The van der Waals surface area contributed by atoms with E-state index in [1.165, 1.54) is 10.8 Å². The highest BCUT2D eigenvalue weighted by molar-refractivity contribution is 6.27. The zero-order valence-electron chi connectivity index (χ0n) is 32.6. The third kappa shape index (κ3) is 4.38. The molecule has 0 atom stereocenters. The highest BCUT2D eigenvalue weighted by atomic mass is 15.0. The van der Waals surface area contributed by atoms with Crippen LogP contribution >= 0.6 is 0 Å². The van der Waals surface area contributed by atoms with Crippen molar-refractivity contribution in [3.63, 3.8) is 0 Å². The summed E-state index contributed by atoms with van der Waals surface area (Å²) in [5.74, 6) is 0. The van der Waals surface area contributed by atoms with Crippen LogP contribution in [0.15, 0.2) is 152 Å². The van der Waals surface area contributed by atoms with E-state index < -0.39 is 0 Å². The van der Waals surface area contributed by atoms with Gasteiger partial charge in [0.15, 0.2) is 0 Å². The van der Waals surface area contributed by atoms with Crippen LogP contribution in [-0.2, 0) is 14.1 Å². The second-order valence-electron chi connectivity index (χ2n) is 15.8. The molecule has 0 saturated carbocycles. The smallest absolute Gasteiger partial charge is 0.0993 e. The Balaban J connectivity index is 1.36. The molecule has 12 rings (SSSR count). The number of aromatic nitrogens is 4. The van der Waals surface area contributed by atoms with Gasteiger partial charge in [-0.3, -0.25) is 0 Å². The molecule has 0 aliphatic carbocycles. The molecule has 0 amide bonds. The lowest BCUT2D eigenvalue weighted by Crippen LogP contribution is -2.06. The fourth-order valence-corrected chi connectivity index (χ4v) is 10.2. The number of rotatable bonds is 3. The van der Waals surface area contributed by atoms with Crippen molar-refractivity contribution in [1.82, 2.24) is 18.3 Å². The van der Waals surface area contributed by atoms with Crippen molar-refractivity contribution >= 4 is 87.2 Å². The Bertz CT molecular complexity index is 3690. The lowest BCUT2D eigenvalue weighted by atomic mass is 9.95. The molecule has 59 heavy (non-hydrogen) atoms. The Kier molecular flexibility index (Phi) is 6.72. The SMILES string of the molecule is Cc1cc(C#N)cc(-c2c(-n3c4ccccc4c4ccc5c(c6ccccc6n5C)c43)cc(C#N)cc2-n2c3ccccc3c3ccc4c(c5ccccc5n4C)c32)c1. The molecule has 0 unspecified atom stereocenters. The van der Waals surface area contributed by atoms with Crippen molar-refractivity contribution in [2.24, 2.45) is 14.1 Å². The largest absolute Gasteiger partial charge is 0.344 e. The predicted octanol–water partition coefficient (Wildman–Crippen LogP) is 12.9. The minimum absolute atomic E-state index is 0.541. The molecule has 4 aromatic heterocycles. The Morgan fingerprint density at radius 1 is 0.407 bits per heavy atom. The minimum atomic E-state index is 0.541. The van der Waals surface area contributed by atoms with Crippen LogP contribution in [0.3, 0.4) is 0 Å². The minimum Gasteiger partial charge on any atom is -0.344 e. The van der Waals surface area contributed by atoms with E-state index in [1.54, 1.807) is 0 Å². The number of aryl methyl sites for hydroxylation is 3. The van der Waals surface area contributed by atoms with E-state index in [-0.39, 0.29) is 0 Å². The molecule has 276 valence electrons. The maximum absolute atomic E-state index is 11.0. The van der Waals surface area contributed by atoms with Crippen LogP contribution in [0.25, 0.3) is 110 Å². The summed E-state index contributed by atoms with van der Waals surface area (Å²) in [4.78, 5) is 0. The van der Waals surface area contributed by atoms with E-state index in [1.807, 2.05) is 31.2 Å². The van der Waals surface area contributed by atoms with E-state index in [0.29, 0.717) is 11.1 Å². The molecule has 8 aromatic carbocycles. The standard InChI is InChI=1S/C53H34N6/c1-31-24-32(29-54)26-34(25-31)49-47(58-43-18-10-4-12-35(43)37-20-22-45-50(52(37)58)39-14-6-8-16-41(39)56(45)2)27-33(30-55)28-48(49)59-44-19-11-5-13-36(44)38-21-23-46-51(53(38)59)40-15-7-9-17-42(40)57(46)3/h4-28H,1-3H3. The van der Waals surface area contributed by atoms with Crippen LogP contribution in [-0.4, -0.2) is 18.3 Å². The second-order valence-corrected chi connectivity index (χ2v) is 15.8. The summed E-state index contributed by atoms with van der Waals surface area (Å²) < 4.78 is 9.32. The van der Waals surface area contributed by atoms with Crippen molar-refractivity contribution in [1.29, 1.82) is 10.5 Å². The maximum atomic E-state index is 11.0. The van der Waals surface area contributed by atoms with Gasteiger partial charge in [-0.15, -0.1) is 0 Å². The van der Waals surface area contributed by atoms with Gasteiger partial charge < -0.3 is 18.3 Å². The third-order valence-corrected chi connectivity index (χ3v) is 12.6. The number of para-hydroxylation sites is 4. The van der Waals surface area contributed by atoms with Gasteiger partial charge in [0.1, 0.15) is 0 Å². The molecule has 6 heteroatoms. The molecule has 0 N–H and O–H groups in total. The zero-order chi connectivity index (χ0) is 39.7. The van der Waals surface area contributed by atoms with Gasteiger partial charge in [-0.2, -0.15) is 10.5 Å². The van der Waals surface area contributed by atoms with Crippen molar-refractivity contribution in [3.05, 3.63) is 168 Å². The molecule has 6 nitrogen and oxygen atoms in total. The quantitative estimate of drug-likeness (QED) is 0.180. The van der Waals surface area contributed by atoms with E-state index in [2.05, 4.69) is 172 Å². The van der Waals surface area contributed by atoms with Crippen LogP contribution in [0.1, 0.15) is 16.7 Å². The average molecular weight is 755 g/mol. The van der Waals surface area contributed by atoms with E-state index in [0.717, 1.165) is 105 Å². The summed E-state index contributed by atoms with van der Waals surface area (Å²) in [6, 6.07) is 58.6. The molecular formula is C53H34N6. The average Bonchev–Trinajstić information content (AvgIpc) is 3.98. The van der Waals surface area contributed by atoms with Crippen molar-refractivity contribution in [2.75, 3.05) is 0 Å². The number of benzene rings is 8. The van der Waals surface area contributed by atoms with Gasteiger partial charge in [0.2, 0.25) is 0 Å². The fraction of sp³-hybridized carbons (Fsp3) is 0.0566. The predicted molar refractivity (Wildman–Crippen MR) is 243 cm³/mol. The molecule has 0 fully saturated rings. The Hall–Kier alpha value is -8.06. The lowest BCUT2D eigenvalue weighted by Gasteiger charge is -2.22. The van der Waals surface area contributed by atoms with Gasteiger partial charge in [0, 0.05) is 73.8 Å². The molecule has 0 aliphatic heterocycles.